The monoisotopic (exact) mass is 282 g/mol. The van der Waals surface area contributed by atoms with Gasteiger partial charge in [0.05, 0.1) is 12.7 Å². The highest BCUT2D eigenvalue weighted by Gasteiger charge is 2.61. The number of nitrogen functional groups attached to an aromatic ring is 1. The molecule has 3 atom stereocenters. The fourth-order valence-corrected chi connectivity index (χ4v) is 4.45. The van der Waals surface area contributed by atoms with Crippen LogP contribution in [0.5, 0.6) is 0 Å². The summed E-state index contributed by atoms with van der Waals surface area (Å²) in [6.07, 6.45) is 4.12. The Morgan fingerprint density at radius 1 is 1.47 bits per heavy atom. The summed E-state index contributed by atoms with van der Waals surface area (Å²) in [6.45, 7) is 7.67. The molecular weight excluding hydrogens is 260 g/mol. The van der Waals surface area contributed by atoms with E-state index >= 15 is 0 Å². The largest absolute Gasteiger partial charge is 0.371 e. The second-order valence-electron chi connectivity index (χ2n) is 6.60. The Bertz CT molecular complexity index is 475. The minimum absolute atomic E-state index is 0.289. The molecule has 2 fully saturated rings. The summed E-state index contributed by atoms with van der Waals surface area (Å²) in [7, 11) is 0. The van der Waals surface area contributed by atoms with E-state index in [1.54, 1.807) is 0 Å². The third-order valence-corrected chi connectivity index (χ3v) is 6.52. The van der Waals surface area contributed by atoms with E-state index in [1.807, 2.05) is 0 Å². The van der Waals surface area contributed by atoms with Crippen molar-refractivity contribution in [3.8, 4) is 0 Å². The minimum Gasteiger partial charge on any atom is -0.371 e. The molecule has 0 saturated heterocycles. The van der Waals surface area contributed by atoms with Crippen LogP contribution in [0, 0.1) is 16.7 Å². The van der Waals surface area contributed by atoms with Crippen molar-refractivity contribution in [2.24, 2.45) is 22.6 Å². The van der Waals surface area contributed by atoms with E-state index in [2.05, 4.69) is 35.8 Å². The summed E-state index contributed by atoms with van der Waals surface area (Å²) in [4.78, 5) is 0. The molecular formula is C13H22N4OS. The van der Waals surface area contributed by atoms with Gasteiger partial charge >= 0.3 is 0 Å². The number of rotatable bonds is 4. The highest BCUT2D eigenvalue weighted by Crippen LogP contribution is 2.66. The van der Waals surface area contributed by atoms with Crippen LogP contribution in [0.15, 0.2) is 0 Å². The maximum absolute atomic E-state index is 6.17. The maximum Gasteiger partial charge on any atom is 0.149 e. The van der Waals surface area contributed by atoms with Crippen LogP contribution in [0.1, 0.15) is 45.7 Å². The molecule has 2 saturated carbocycles. The number of anilines is 1. The van der Waals surface area contributed by atoms with Crippen LogP contribution in [-0.2, 0) is 11.3 Å². The first kappa shape index (κ1) is 13.3. The van der Waals surface area contributed by atoms with Crippen LogP contribution in [0.2, 0.25) is 0 Å². The lowest BCUT2D eigenvalue weighted by molar-refractivity contribution is -0.0558. The normalized spacial score (nSPS) is 35.8. The maximum atomic E-state index is 6.17. The highest BCUT2D eigenvalue weighted by atomic mass is 32.1. The fraction of sp³-hybridized carbons (Fsp3) is 0.846. The van der Waals surface area contributed by atoms with E-state index in [0.29, 0.717) is 18.1 Å². The highest BCUT2D eigenvalue weighted by molar-refractivity contribution is 7.10. The van der Waals surface area contributed by atoms with Crippen LogP contribution in [0.4, 0.5) is 5.00 Å². The lowest BCUT2D eigenvalue weighted by Crippen LogP contribution is -2.37. The molecule has 3 N–H and O–H groups in total. The number of nitrogens with one attached hydrogen (secondary N) is 1. The summed E-state index contributed by atoms with van der Waals surface area (Å²) in [5.41, 5.74) is 4.11. The predicted octanol–water partition coefficient (Wildman–Crippen LogP) is 2.56. The molecule has 0 radical (unpaired) electrons. The molecule has 0 amide bonds. The summed E-state index contributed by atoms with van der Waals surface area (Å²) < 4.78 is 10.1. The average Bonchev–Trinajstić information content (AvgIpc) is 2.97. The number of ether oxygens (including phenoxy) is 1. The molecule has 3 unspecified atom stereocenters. The number of hydrogen-bond acceptors (Lipinski definition) is 6. The molecule has 6 heteroatoms. The number of hydrazine groups is 1. The first-order chi connectivity index (χ1) is 8.99. The Morgan fingerprint density at radius 2 is 2.26 bits per heavy atom. The van der Waals surface area contributed by atoms with Crippen LogP contribution in [-0.4, -0.2) is 15.7 Å². The summed E-state index contributed by atoms with van der Waals surface area (Å²) >= 11 is 1.27. The van der Waals surface area contributed by atoms with Gasteiger partial charge < -0.3 is 10.2 Å². The molecule has 2 aliphatic rings. The van der Waals surface area contributed by atoms with Gasteiger partial charge in [-0.2, -0.15) is 0 Å². The lowest BCUT2D eigenvalue weighted by Gasteiger charge is -2.38. The quantitative estimate of drug-likeness (QED) is 0.656. The topological polar surface area (TPSA) is 73.1 Å². The molecule has 1 aromatic heterocycles. The van der Waals surface area contributed by atoms with Crippen molar-refractivity contribution in [1.82, 2.24) is 9.59 Å². The van der Waals surface area contributed by atoms with E-state index in [0.717, 1.165) is 16.6 Å². The lowest BCUT2D eigenvalue weighted by atomic mass is 9.70. The fourth-order valence-electron chi connectivity index (χ4n) is 3.97. The number of fused-ring (bicyclic) bond motifs is 2. The van der Waals surface area contributed by atoms with Crippen LogP contribution in [0.3, 0.4) is 0 Å². The second-order valence-corrected chi connectivity index (χ2v) is 7.36. The minimum atomic E-state index is 0.289. The standard InChI is InChI=1S/C13H22N4OS/c1-12(2)8-4-5-13(12,3)10(6-8)18-7-9-11(15-14)19-17-16-9/h8,10,15H,4-7,14H2,1-3H3. The number of nitrogens with zero attached hydrogens (tertiary/aromatic N) is 2. The Hall–Kier alpha value is -0.720. The molecule has 1 heterocycles. The molecule has 0 aromatic carbocycles. The Kier molecular flexibility index (Phi) is 3.07. The SMILES string of the molecule is CC1(C)C2CCC1(C)C(OCc1nnsc1NN)C2. The predicted molar refractivity (Wildman–Crippen MR) is 75.5 cm³/mol. The van der Waals surface area contributed by atoms with E-state index in [-0.39, 0.29) is 5.41 Å². The first-order valence-electron chi connectivity index (χ1n) is 6.88. The summed E-state index contributed by atoms with van der Waals surface area (Å²) in [5, 5.41) is 4.87. The van der Waals surface area contributed by atoms with Crippen LogP contribution >= 0.6 is 11.5 Å². The molecule has 2 bridgehead atoms. The van der Waals surface area contributed by atoms with Crippen LogP contribution < -0.4 is 11.3 Å². The molecule has 106 valence electrons. The molecule has 0 spiro atoms. The molecule has 0 aliphatic heterocycles. The van der Waals surface area contributed by atoms with Gasteiger partial charge in [-0.3, -0.25) is 0 Å². The number of hydrogen-bond donors (Lipinski definition) is 2. The Labute approximate surface area is 118 Å². The molecule has 2 aliphatic carbocycles. The third kappa shape index (κ3) is 1.80. The zero-order valence-electron chi connectivity index (χ0n) is 11.8. The first-order valence-corrected chi connectivity index (χ1v) is 7.66. The molecule has 5 nitrogen and oxygen atoms in total. The van der Waals surface area contributed by atoms with Crippen molar-refractivity contribution in [2.45, 2.75) is 52.7 Å². The zero-order chi connectivity index (χ0) is 13.7. The van der Waals surface area contributed by atoms with Crippen molar-refractivity contribution in [3.05, 3.63) is 5.69 Å². The van der Waals surface area contributed by atoms with Gasteiger partial charge in [-0.05, 0) is 36.0 Å². The number of nitrogens with two attached hydrogens (primary N) is 1. The van der Waals surface area contributed by atoms with Crippen molar-refractivity contribution >= 4 is 16.5 Å². The Morgan fingerprint density at radius 3 is 2.84 bits per heavy atom. The van der Waals surface area contributed by atoms with Gasteiger partial charge in [0.1, 0.15) is 10.7 Å². The van der Waals surface area contributed by atoms with Gasteiger partial charge in [-0.1, -0.05) is 25.3 Å². The summed E-state index contributed by atoms with van der Waals surface area (Å²) in [6, 6.07) is 0. The van der Waals surface area contributed by atoms with Gasteiger partial charge in [0.2, 0.25) is 0 Å². The molecule has 1 aromatic rings. The van der Waals surface area contributed by atoms with E-state index in [4.69, 9.17) is 10.6 Å². The molecule has 19 heavy (non-hydrogen) atoms. The molecule has 3 rings (SSSR count). The Balaban J connectivity index is 1.69. The van der Waals surface area contributed by atoms with Crippen molar-refractivity contribution < 1.29 is 4.74 Å². The summed E-state index contributed by atoms with van der Waals surface area (Å²) in [5.74, 6) is 6.23. The third-order valence-electron chi connectivity index (χ3n) is 5.82. The van der Waals surface area contributed by atoms with Crippen molar-refractivity contribution in [3.63, 3.8) is 0 Å². The second kappa shape index (κ2) is 4.40. The average molecular weight is 282 g/mol. The van der Waals surface area contributed by atoms with Crippen molar-refractivity contribution in [1.29, 1.82) is 0 Å². The van der Waals surface area contributed by atoms with E-state index in [1.165, 1.54) is 30.8 Å². The van der Waals surface area contributed by atoms with E-state index < -0.39 is 0 Å². The van der Waals surface area contributed by atoms with Crippen LogP contribution in [0.25, 0.3) is 0 Å². The van der Waals surface area contributed by atoms with Gasteiger partial charge in [0, 0.05) is 11.5 Å². The smallest absolute Gasteiger partial charge is 0.149 e. The van der Waals surface area contributed by atoms with Crippen molar-refractivity contribution in [2.75, 3.05) is 5.43 Å². The van der Waals surface area contributed by atoms with Gasteiger partial charge in [-0.15, -0.1) is 5.10 Å². The number of aromatic nitrogens is 2. The zero-order valence-corrected chi connectivity index (χ0v) is 12.6. The van der Waals surface area contributed by atoms with Gasteiger partial charge in [0.15, 0.2) is 0 Å². The van der Waals surface area contributed by atoms with Gasteiger partial charge in [-0.25, -0.2) is 5.84 Å². The van der Waals surface area contributed by atoms with E-state index in [9.17, 15) is 0 Å². The van der Waals surface area contributed by atoms with Gasteiger partial charge in [0.25, 0.3) is 0 Å².